The zero-order valence-corrected chi connectivity index (χ0v) is 23.5. The van der Waals surface area contributed by atoms with Gasteiger partial charge in [-0.25, -0.2) is 15.9 Å². The standard InChI is InChI=1S/C25H32N5O9P/c1-15(2)37-22(33)16(3)29-40(35,39-18-10-8-7-9-11-18)36-14-19-21(32)25(5,26-6)23(38-19)30-13-12-20(27-17(4)31)28-24(30)34/h7-13,15-16,19,21,23,32H,14H2,1-5H3,(H,29,35)(H,27,28,31,34)/t16-,19?,21+,23+,25+,40+/m0/s1. The summed E-state index contributed by atoms with van der Waals surface area (Å²) in [5.41, 5.74) is -2.50. The summed E-state index contributed by atoms with van der Waals surface area (Å²) in [6.45, 7) is 14.6. The smallest absolute Gasteiger partial charge is 0.459 e. The molecule has 1 fully saturated rings. The van der Waals surface area contributed by atoms with E-state index in [0.717, 1.165) is 4.57 Å². The maximum atomic E-state index is 13.7. The fourth-order valence-electron chi connectivity index (χ4n) is 3.85. The van der Waals surface area contributed by atoms with Crippen LogP contribution in [0.5, 0.6) is 5.75 Å². The SMILES string of the molecule is [C-]#[N+][C@]1(C)[C@H](O)C(CO[P@](=O)(N[C@@H](C)C(=O)OC(C)C)Oc2ccccc2)O[C@H]1n1ccc(NC(C)=O)nc1=O. The molecule has 3 N–H and O–H groups in total. The predicted molar refractivity (Wildman–Crippen MR) is 142 cm³/mol. The second kappa shape index (κ2) is 12.7. The highest BCUT2D eigenvalue weighted by Gasteiger charge is 2.61. The quantitative estimate of drug-likeness (QED) is 0.203. The van der Waals surface area contributed by atoms with E-state index in [1.165, 1.54) is 45.2 Å². The molecular formula is C25H32N5O9P. The van der Waals surface area contributed by atoms with Crippen LogP contribution in [0.1, 0.15) is 40.8 Å². The molecule has 1 aliphatic heterocycles. The van der Waals surface area contributed by atoms with Gasteiger partial charge in [0.1, 0.15) is 23.7 Å². The van der Waals surface area contributed by atoms with E-state index in [1.807, 2.05) is 0 Å². The Kier molecular flexibility index (Phi) is 9.83. The van der Waals surface area contributed by atoms with Crippen molar-refractivity contribution >= 4 is 25.4 Å². The lowest BCUT2D eigenvalue weighted by Crippen LogP contribution is -2.44. The van der Waals surface area contributed by atoms with Gasteiger partial charge in [0.25, 0.3) is 0 Å². The van der Waals surface area contributed by atoms with Gasteiger partial charge in [-0.3, -0.25) is 18.7 Å². The van der Waals surface area contributed by atoms with E-state index in [9.17, 15) is 24.1 Å². The van der Waals surface area contributed by atoms with Crippen molar-refractivity contribution in [1.29, 1.82) is 0 Å². The van der Waals surface area contributed by atoms with E-state index < -0.39 is 68.0 Å². The lowest BCUT2D eigenvalue weighted by atomic mass is 9.93. The lowest BCUT2D eigenvalue weighted by molar-refractivity contribution is -0.149. The number of aliphatic hydroxyl groups is 1. The van der Waals surface area contributed by atoms with Crippen LogP contribution in [-0.4, -0.2) is 63.0 Å². The summed E-state index contributed by atoms with van der Waals surface area (Å²) >= 11 is 0. The number of esters is 1. The van der Waals surface area contributed by atoms with E-state index in [2.05, 4.69) is 20.2 Å². The largest absolute Gasteiger partial charge is 0.462 e. The van der Waals surface area contributed by atoms with Crippen molar-refractivity contribution in [2.75, 3.05) is 11.9 Å². The predicted octanol–water partition coefficient (Wildman–Crippen LogP) is 2.27. The Hall–Kier alpha value is -3.60. The number of ether oxygens (including phenoxy) is 2. The van der Waals surface area contributed by atoms with Crippen molar-refractivity contribution < 1.29 is 37.8 Å². The Morgan fingerprint density at radius 1 is 1.27 bits per heavy atom. The van der Waals surface area contributed by atoms with Crippen molar-refractivity contribution in [3.8, 4) is 5.75 Å². The molecule has 1 aliphatic rings. The molecular weight excluding hydrogens is 545 g/mol. The van der Waals surface area contributed by atoms with Gasteiger partial charge in [-0.2, -0.15) is 10.1 Å². The van der Waals surface area contributed by atoms with Crippen LogP contribution in [0.4, 0.5) is 5.82 Å². The van der Waals surface area contributed by atoms with Gasteiger partial charge in [-0.05, 0) is 39.0 Å². The molecule has 15 heteroatoms. The number of nitrogens with zero attached hydrogens (tertiary/aromatic N) is 3. The van der Waals surface area contributed by atoms with Gasteiger partial charge in [0.05, 0.1) is 12.7 Å². The van der Waals surface area contributed by atoms with Gasteiger partial charge in [-0.15, -0.1) is 0 Å². The minimum atomic E-state index is -4.29. The highest BCUT2D eigenvalue weighted by molar-refractivity contribution is 7.52. The molecule has 0 radical (unpaired) electrons. The maximum absolute atomic E-state index is 13.7. The number of nitrogens with one attached hydrogen (secondary N) is 2. The third-order valence-corrected chi connectivity index (χ3v) is 7.46. The zero-order chi connectivity index (χ0) is 29.7. The third kappa shape index (κ3) is 7.32. The van der Waals surface area contributed by atoms with Crippen molar-refractivity contribution in [3.63, 3.8) is 0 Å². The van der Waals surface area contributed by atoms with E-state index in [-0.39, 0.29) is 11.6 Å². The number of aliphatic hydroxyl groups excluding tert-OH is 1. The monoisotopic (exact) mass is 577 g/mol. The molecule has 2 aromatic rings. The first-order chi connectivity index (χ1) is 18.8. The Balaban J connectivity index is 1.83. The number of amides is 1. The van der Waals surface area contributed by atoms with Gasteiger partial charge in [0, 0.05) is 20.0 Å². The number of carbonyl (C=O) groups excluding carboxylic acids is 2. The minimum absolute atomic E-state index is 0.00637. The van der Waals surface area contributed by atoms with Gasteiger partial charge in [-0.1, -0.05) is 18.2 Å². The molecule has 40 heavy (non-hydrogen) atoms. The summed E-state index contributed by atoms with van der Waals surface area (Å²) in [7, 11) is -4.29. The fourth-order valence-corrected chi connectivity index (χ4v) is 5.35. The van der Waals surface area contributed by atoms with E-state index >= 15 is 0 Å². The molecule has 3 rings (SSSR count). The number of hydrogen-bond acceptors (Lipinski definition) is 10. The van der Waals surface area contributed by atoms with Crippen LogP contribution in [0.2, 0.25) is 0 Å². The number of anilines is 1. The second-order valence-electron chi connectivity index (χ2n) is 9.53. The molecule has 1 aromatic heterocycles. The topological polar surface area (TPSA) is 172 Å². The van der Waals surface area contributed by atoms with Crippen LogP contribution in [-0.2, 0) is 28.2 Å². The number of carbonyl (C=O) groups is 2. The van der Waals surface area contributed by atoms with Crippen LogP contribution in [0.25, 0.3) is 4.85 Å². The molecule has 216 valence electrons. The van der Waals surface area contributed by atoms with Crippen LogP contribution >= 0.6 is 7.75 Å². The number of aromatic nitrogens is 2. The number of rotatable bonds is 11. The second-order valence-corrected chi connectivity index (χ2v) is 11.2. The van der Waals surface area contributed by atoms with E-state index in [0.29, 0.717) is 0 Å². The van der Waals surface area contributed by atoms with Crippen molar-refractivity contribution in [3.05, 3.63) is 64.5 Å². The minimum Gasteiger partial charge on any atom is -0.462 e. The first kappa shape index (κ1) is 30.9. The van der Waals surface area contributed by atoms with Crippen molar-refractivity contribution in [2.45, 2.75) is 70.7 Å². The Morgan fingerprint density at radius 3 is 2.52 bits per heavy atom. The average molecular weight is 578 g/mol. The zero-order valence-electron chi connectivity index (χ0n) is 22.6. The maximum Gasteiger partial charge on any atom is 0.459 e. The van der Waals surface area contributed by atoms with Gasteiger partial charge < -0.3 is 29.3 Å². The molecule has 1 saturated heterocycles. The summed E-state index contributed by atoms with van der Waals surface area (Å²) in [6.07, 6.45) is -3.17. The molecule has 0 bridgehead atoms. The molecule has 6 atom stereocenters. The molecule has 0 spiro atoms. The highest BCUT2D eigenvalue weighted by atomic mass is 31.2. The first-order valence-corrected chi connectivity index (χ1v) is 13.9. The van der Waals surface area contributed by atoms with Crippen LogP contribution in [0, 0.1) is 6.57 Å². The van der Waals surface area contributed by atoms with Crippen molar-refractivity contribution in [1.82, 2.24) is 14.6 Å². The molecule has 1 amide bonds. The van der Waals surface area contributed by atoms with Crippen LogP contribution in [0.3, 0.4) is 0 Å². The lowest BCUT2D eigenvalue weighted by Gasteiger charge is -2.25. The summed E-state index contributed by atoms with van der Waals surface area (Å²) in [5, 5.41) is 15.9. The Bertz CT molecular complexity index is 1360. The van der Waals surface area contributed by atoms with Gasteiger partial charge >= 0.3 is 24.9 Å². The van der Waals surface area contributed by atoms with Gasteiger partial charge in [0.15, 0.2) is 6.10 Å². The summed E-state index contributed by atoms with van der Waals surface area (Å²) in [4.78, 5) is 43.6. The number of para-hydroxylation sites is 1. The Morgan fingerprint density at radius 2 is 1.95 bits per heavy atom. The van der Waals surface area contributed by atoms with Crippen molar-refractivity contribution in [2.24, 2.45) is 0 Å². The van der Waals surface area contributed by atoms with Gasteiger partial charge in [0.2, 0.25) is 12.1 Å². The van der Waals surface area contributed by atoms with E-state index in [1.54, 1.807) is 32.0 Å². The van der Waals surface area contributed by atoms with Crippen LogP contribution in [0.15, 0.2) is 47.4 Å². The molecule has 2 heterocycles. The molecule has 14 nitrogen and oxygen atoms in total. The number of hydrogen-bond donors (Lipinski definition) is 3. The summed E-state index contributed by atoms with van der Waals surface area (Å²) in [6, 6.07) is 8.33. The molecule has 1 unspecified atom stereocenters. The molecule has 1 aromatic carbocycles. The Labute approximate surface area is 231 Å². The number of benzene rings is 1. The fraction of sp³-hybridized carbons (Fsp3) is 0.480. The summed E-state index contributed by atoms with van der Waals surface area (Å²) in [5.74, 6) is -0.936. The first-order valence-electron chi connectivity index (χ1n) is 12.3. The molecule has 0 aliphatic carbocycles. The average Bonchev–Trinajstić information content (AvgIpc) is 3.13. The molecule has 0 saturated carbocycles. The normalized spacial score (nSPS) is 24.5. The van der Waals surface area contributed by atoms with E-state index in [4.69, 9.17) is 25.1 Å². The van der Waals surface area contributed by atoms with Crippen LogP contribution < -0.4 is 20.6 Å². The highest BCUT2D eigenvalue weighted by Crippen LogP contribution is 2.47. The summed E-state index contributed by atoms with van der Waals surface area (Å²) < 4.78 is 37.0. The third-order valence-electron chi connectivity index (χ3n) is 5.82.